The molecule has 10 nitrogen and oxygen atoms in total. The highest BCUT2D eigenvalue weighted by atomic mass is 16.5. The molecule has 4 heterocycles. The number of hydrogen-bond donors (Lipinski definition) is 1. The monoisotopic (exact) mass is 483 g/mol. The molecule has 2 aromatic carbocycles. The maximum absolute atomic E-state index is 5.58. The van der Waals surface area contributed by atoms with Crippen LogP contribution >= 0.6 is 0 Å². The van der Waals surface area contributed by atoms with E-state index in [1.54, 1.807) is 45.3 Å². The number of aromatic amines is 1. The van der Waals surface area contributed by atoms with Gasteiger partial charge >= 0.3 is 0 Å². The number of nitrogens with zero attached hydrogens (tertiary/aromatic N) is 4. The van der Waals surface area contributed by atoms with Crippen LogP contribution in [0.3, 0.4) is 0 Å². The van der Waals surface area contributed by atoms with Crippen molar-refractivity contribution in [2.75, 3.05) is 14.2 Å². The van der Waals surface area contributed by atoms with Gasteiger partial charge in [0.25, 0.3) is 5.89 Å². The molecule has 0 saturated carbocycles. The minimum atomic E-state index is 0.432. The molecule has 0 saturated heterocycles. The van der Waals surface area contributed by atoms with Gasteiger partial charge in [0.05, 0.1) is 37.9 Å². The van der Waals surface area contributed by atoms with Crippen LogP contribution in [0.4, 0.5) is 0 Å². The average molecular weight is 483 g/mol. The maximum Gasteiger partial charge on any atom is 0.251 e. The van der Waals surface area contributed by atoms with E-state index in [0.717, 1.165) is 33.8 Å². The second-order valence-corrected chi connectivity index (χ2v) is 7.41. The van der Waals surface area contributed by atoms with E-state index in [2.05, 4.69) is 25.4 Å². The maximum atomic E-state index is 5.58. The fourth-order valence-electron chi connectivity index (χ4n) is 3.28. The lowest BCUT2D eigenvalue weighted by Crippen LogP contribution is -1.85. The summed E-state index contributed by atoms with van der Waals surface area (Å²) >= 11 is 0. The minimum absolute atomic E-state index is 0.432. The van der Waals surface area contributed by atoms with Crippen LogP contribution in [0.15, 0.2) is 99.0 Å². The third-order valence-electron chi connectivity index (χ3n) is 5.12. The number of H-pyrrole nitrogens is 1. The Hall–Kier alpha value is -5.12. The van der Waals surface area contributed by atoms with Crippen LogP contribution in [0.25, 0.3) is 45.7 Å². The average Bonchev–Trinajstić information content (AvgIpc) is 3.75. The fraction of sp³-hybridized carbons (Fsp3) is 0.0769. The summed E-state index contributed by atoms with van der Waals surface area (Å²) in [5.41, 5.74) is 3.35. The molecule has 0 aliphatic carbocycles. The van der Waals surface area contributed by atoms with Crippen LogP contribution in [-0.2, 0) is 0 Å². The summed E-state index contributed by atoms with van der Waals surface area (Å²) in [5.74, 6) is 3.72. The van der Waals surface area contributed by atoms with Gasteiger partial charge in [-0.2, -0.15) is 5.10 Å². The number of furan rings is 2. The second-order valence-electron chi connectivity index (χ2n) is 7.41. The molecule has 0 aliphatic heterocycles. The summed E-state index contributed by atoms with van der Waals surface area (Å²) in [5, 5.41) is 15.0. The normalized spacial score (nSPS) is 10.5. The zero-order valence-corrected chi connectivity index (χ0v) is 19.4. The SMILES string of the molecule is COc1cccc(-c2nc(-c3ccoc3)n[nH]2)c1.COc1cccc(-c2nnc(-c3ccoc3)o2)c1. The third kappa shape index (κ3) is 5.02. The van der Waals surface area contributed by atoms with Crippen molar-refractivity contribution in [3.63, 3.8) is 0 Å². The van der Waals surface area contributed by atoms with Crippen molar-refractivity contribution in [2.24, 2.45) is 0 Å². The van der Waals surface area contributed by atoms with E-state index < -0.39 is 0 Å². The smallest absolute Gasteiger partial charge is 0.251 e. The quantitative estimate of drug-likeness (QED) is 0.315. The Morgan fingerprint density at radius 1 is 0.694 bits per heavy atom. The van der Waals surface area contributed by atoms with E-state index >= 15 is 0 Å². The molecule has 0 amide bonds. The highest BCUT2D eigenvalue weighted by molar-refractivity contribution is 5.62. The second kappa shape index (κ2) is 10.4. The summed E-state index contributed by atoms with van der Waals surface area (Å²) in [4.78, 5) is 4.42. The zero-order valence-electron chi connectivity index (χ0n) is 19.4. The third-order valence-corrected chi connectivity index (χ3v) is 5.12. The molecule has 6 rings (SSSR count). The van der Waals surface area contributed by atoms with Crippen LogP contribution in [0.1, 0.15) is 0 Å². The lowest BCUT2D eigenvalue weighted by molar-refractivity contribution is 0.414. The largest absolute Gasteiger partial charge is 0.497 e. The van der Waals surface area contributed by atoms with Gasteiger partial charge in [0, 0.05) is 11.1 Å². The molecule has 10 heteroatoms. The van der Waals surface area contributed by atoms with Crippen molar-refractivity contribution < 1.29 is 22.7 Å². The topological polar surface area (TPSA) is 125 Å². The van der Waals surface area contributed by atoms with Crippen LogP contribution in [-0.4, -0.2) is 39.6 Å². The standard InChI is InChI=1S/C13H11N3O2.C13H10N2O3/c1-17-11-4-2-3-9(7-11)12-14-13(16-15-12)10-5-6-18-8-10;1-16-11-4-2-3-9(7-11)12-14-15-13(18-12)10-5-6-17-8-10/h2-8H,1H3,(H,14,15,16);2-8H,1H3. The molecule has 0 radical (unpaired) electrons. The zero-order chi connectivity index (χ0) is 24.7. The number of hydrogen-bond acceptors (Lipinski definition) is 9. The predicted molar refractivity (Wildman–Crippen MR) is 130 cm³/mol. The Morgan fingerprint density at radius 3 is 1.94 bits per heavy atom. The first kappa shape index (κ1) is 22.7. The number of nitrogens with one attached hydrogen (secondary N) is 1. The molecule has 0 fully saturated rings. The van der Waals surface area contributed by atoms with Gasteiger partial charge in [-0.1, -0.05) is 18.2 Å². The number of rotatable bonds is 6. The summed E-state index contributed by atoms with van der Waals surface area (Å²) < 4.78 is 25.9. The van der Waals surface area contributed by atoms with Crippen molar-refractivity contribution >= 4 is 0 Å². The van der Waals surface area contributed by atoms with E-state index in [1.807, 2.05) is 54.6 Å². The molecule has 6 aromatic rings. The van der Waals surface area contributed by atoms with Gasteiger partial charge < -0.3 is 22.7 Å². The Morgan fingerprint density at radius 2 is 1.31 bits per heavy atom. The molecule has 4 aromatic heterocycles. The Bertz CT molecular complexity index is 1400. The first-order valence-electron chi connectivity index (χ1n) is 10.8. The Labute approximate surface area is 205 Å². The lowest BCUT2D eigenvalue weighted by atomic mass is 10.2. The van der Waals surface area contributed by atoms with Crippen molar-refractivity contribution in [2.45, 2.75) is 0 Å². The summed E-state index contributed by atoms with van der Waals surface area (Å²) in [6.07, 6.45) is 6.32. The van der Waals surface area contributed by atoms with Gasteiger partial charge in [-0.15, -0.1) is 10.2 Å². The van der Waals surface area contributed by atoms with Gasteiger partial charge in [0.2, 0.25) is 5.89 Å². The van der Waals surface area contributed by atoms with E-state index in [9.17, 15) is 0 Å². The number of methoxy groups -OCH3 is 2. The van der Waals surface area contributed by atoms with E-state index in [-0.39, 0.29) is 0 Å². The molecule has 36 heavy (non-hydrogen) atoms. The van der Waals surface area contributed by atoms with Crippen LogP contribution in [0.5, 0.6) is 11.5 Å². The molecular formula is C26H21N5O5. The van der Waals surface area contributed by atoms with Crippen molar-refractivity contribution in [3.05, 3.63) is 85.7 Å². The molecule has 0 bridgehead atoms. The molecule has 180 valence electrons. The highest BCUT2D eigenvalue weighted by Gasteiger charge is 2.12. The molecule has 0 spiro atoms. The summed E-state index contributed by atoms with van der Waals surface area (Å²) in [7, 11) is 3.25. The summed E-state index contributed by atoms with van der Waals surface area (Å²) in [6, 6.07) is 18.7. The molecule has 1 N–H and O–H groups in total. The number of ether oxygens (including phenoxy) is 2. The fourth-order valence-corrected chi connectivity index (χ4v) is 3.28. The van der Waals surface area contributed by atoms with E-state index in [1.165, 1.54) is 0 Å². The molecule has 0 atom stereocenters. The highest BCUT2D eigenvalue weighted by Crippen LogP contribution is 2.26. The van der Waals surface area contributed by atoms with Crippen LogP contribution in [0, 0.1) is 0 Å². The van der Waals surface area contributed by atoms with Gasteiger partial charge in [-0.3, -0.25) is 5.10 Å². The van der Waals surface area contributed by atoms with Crippen molar-refractivity contribution in [3.8, 4) is 57.2 Å². The van der Waals surface area contributed by atoms with Gasteiger partial charge in [0.15, 0.2) is 11.6 Å². The van der Waals surface area contributed by atoms with Crippen molar-refractivity contribution in [1.29, 1.82) is 0 Å². The van der Waals surface area contributed by atoms with Gasteiger partial charge in [0.1, 0.15) is 24.0 Å². The molecule has 0 aliphatic rings. The van der Waals surface area contributed by atoms with Crippen molar-refractivity contribution in [1.82, 2.24) is 25.4 Å². The van der Waals surface area contributed by atoms with Crippen LogP contribution in [0.2, 0.25) is 0 Å². The van der Waals surface area contributed by atoms with Gasteiger partial charge in [-0.05, 0) is 42.5 Å². The number of aromatic nitrogens is 5. The Balaban J connectivity index is 0.000000148. The van der Waals surface area contributed by atoms with E-state index in [0.29, 0.717) is 23.4 Å². The summed E-state index contributed by atoms with van der Waals surface area (Å²) in [6.45, 7) is 0. The Kier molecular flexibility index (Phi) is 6.57. The first-order valence-corrected chi connectivity index (χ1v) is 10.8. The van der Waals surface area contributed by atoms with Gasteiger partial charge in [-0.25, -0.2) is 4.98 Å². The number of benzene rings is 2. The first-order chi connectivity index (χ1) is 17.7. The molecule has 0 unspecified atom stereocenters. The minimum Gasteiger partial charge on any atom is -0.497 e. The predicted octanol–water partition coefficient (Wildman–Crippen LogP) is 5.75. The van der Waals surface area contributed by atoms with E-state index in [4.69, 9.17) is 22.7 Å². The lowest BCUT2D eigenvalue weighted by Gasteiger charge is -2.00. The van der Waals surface area contributed by atoms with Crippen LogP contribution < -0.4 is 9.47 Å². The molecular weight excluding hydrogens is 462 g/mol.